The van der Waals surface area contributed by atoms with Gasteiger partial charge < -0.3 is 14.4 Å². The van der Waals surface area contributed by atoms with Gasteiger partial charge in [-0.3, -0.25) is 0 Å². The van der Waals surface area contributed by atoms with Crippen molar-refractivity contribution in [2.45, 2.75) is 37.4 Å². The van der Waals surface area contributed by atoms with E-state index in [1.54, 1.807) is 12.3 Å². The van der Waals surface area contributed by atoms with Gasteiger partial charge in [-0.05, 0) is 12.8 Å². The van der Waals surface area contributed by atoms with E-state index < -0.39 is 5.60 Å². The Bertz CT molecular complexity index is 528. The smallest absolute Gasteiger partial charge is 0.338 e. The molecule has 6 nitrogen and oxygen atoms in total. The summed E-state index contributed by atoms with van der Waals surface area (Å²) in [5, 5.41) is 7.97. The van der Waals surface area contributed by atoms with E-state index in [1.807, 2.05) is 0 Å². The van der Waals surface area contributed by atoms with Crippen molar-refractivity contribution >= 4 is 23.3 Å². The highest BCUT2D eigenvalue weighted by atomic mass is 35.5. The minimum atomic E-state index is -0.795. The highest BCUT2D eigenvalue weighted by Gasteiger charge is 2.47. The molecule has 2 heterocycles. The summed E-state index contributed by atoms with van der Waals surface area (Å²) in [4.78, 5) is 14.3. The zero-order chi connectivity index (χ0) is 14.9. The Labute approximate surface area is 128 Å². The minimum absolute atomic E-state index is 0.215. The molecule has 21 heavy (non-hydrogen) atoms. The van der Waals surface area contributed by atoms with Gasteiger partial charge in [0.1, 0.15) is 0 Å². The molecule has 0 bridgehead atoms. The third-order valence-electron chi connectivity index (χ3n) is 4.02. The van der Waals surface area contributed by atoms with Crippen molar-refractivity contribution in [2.24, 2.45) is 0 Å². The molecule has 7 heteroatoms. The molecule has 2 aliphatic rings. The lowest BCUT2D eigenvalue weighted by molar-refractivity contribution is -0.175. The number of ether oxygens (including phenoxy) is 2. The van der Waals surface area contributed by atoms with Gasteiger partial charge in [0.25, 0.3) is 0 Å². The van der Waals surface area contributed by atoms with Crippen LogP contribution in [0.5, 0.6) is 0 Å². The standard InChI is InChI=1S/C14H18ClN3O3/c1-20-13(19)14(21-11-2-3-11)4-6-18(7-5-14)10-8-12(15)17-16-9-10/h8-9,11H,2-7H2,1H3. The van der Waals surface area contributed by atoms with Crippen molar-refractivity contribution in [3.8, 4) is 0 Å². The summed E-state index contributed by atoms with van der Waals surface area (Å²) in [6.45, 7) is 1.40. The zero-order valence-corrected chi connectivity index (χ0v) is 12.7. The van der Waals surface area contributed by atoms with Crippen molar-refractivity contribution < 1.29 is 14.3 Å². The van der Waals surface area contributed by atoms with Gasteiger partial charge >= 0.3 is 5.97 Å². The number of piperidine rings is 1. The van der Waals surface area contributed by atoms with Crippen LogP contribution in [0.2, 0.25) is 5.15 Å². The van der Waals surface area contributed by atoms with Crippen LogP contribution in [-0.4, -0.2) is 48.1 Å². The fourth-order valence-electron chi connectivity index (χ4n) is 2.69. The first-order valence-electron chi connectivity index (χ1n) is 7.12. The molecule has 1 saturated carbocycles. The molecule has 1 saturated heterocycles. The fourth-order valence-corrected chi connectivity index (χ4v) is 2.85. The highest BCUT2D eigenvalue weighted by molar-refractivity contribution is 6.29. The van der Waals surface area contributed by atoms with Gasteiger partial charge in [0.15, 0.2) is 10.8 Å². The van der Waals surface area contributed by atoms with Crippen molar-refractivity contribution in [3.63, 3.8) is 0 Å². The third-order valence-corrected chi connectivity index (χ3v) is 4.21. The van der Waals surface area contributed by atoms with Gasteiger partial charge in [-0.1, -0.05) is 11.6 Å². The van der Waals surface area contributed by atoms with Crippen LogP contribution in [-0.2, 0) is 14.3 Å². The highest BCUT2D eigenvalue weighted by Crippen LogP contribution is 2.37. The van der Waals surface area contributed by atoms with Crippen LogP contribution < -0.4 is 4.90 Å². The predicted octanol–water partition coefficient (Wildman–Crippen LogP) is 1.82. The number of hydrogen-bond donors (Lipinski definition) is 0. The monoisotopic (exact) mass is 311 g/mol. The molecule has 0 amide bonds. The molecule has 1 aliphatic carbocycles. The van der Waals surface area contributed by atoms with Gasteiger partial charge in [-0.2, -0.15) is 5.10 Å². The number of hydrogen-bond acceptors (Lipinski definition) is 6. The first-order chi connectivity index (χ1) is 10.1. The van der Waals surface area contributed by atoms with E-state index in [-0.39, 0.29) is 12.1 Å². The number of carbonyl (C=O) groups excluding carboxylic acids is 1. The number of aromatic nitrogens is 2. The summed E-state index contributed by atoms with van der Waals surface area (Å²) in [5.74, 6) is -0.264. The maximum absolute atomic E-state index is 12.1. The fraction of sp³-hybridized carbons (Fsp3) is 0.643. The summed E-state index contributed by atoms with van der Waals surface area (Å²) in [7, 11) is 1.42. The maximum atomic E-state index is 12.1. The minimum Gasteiger partial charge on any atom is -0.467 e. The van der Waals surface area contributed by atoms with Gasteiger partial charge in [0, 0.05) is 32.0 Å². The van der Waals surface area contributed by atoms with Crippen molar-refractivity contribution in [1.82, 2.24) is 10.2 Å². The predicted molar refractivity (Wildman–Crippen MR) is 77.3 cm³/mol. The molecule has 3 rings (SSSR count). The van der Waals surface area contributed by atoms with E-state index in [0.717, 1.165) is 18.5 Å². The van der Waals surface area contributed by atoms with E-state index in [9.17, 15) is 4.79 Å². The zero-order valence-electron chi connectivity index (χ0n) is 11.9. The van der Waals surface area contributed by atoms with E-state index in [2.05, 4.69) is 15.1 Å². The normalized spacial score (nSPS) is 21.1. The van der Waals surface area contributed by atoms with Crippen LogP contribution >= 0.6 is 11.6 Å². The van der Waals surface area contributed by atoms with Gasteiger partial charge in [0.2, 0.25) is 0 Å². The van der Waals surface area contributed by atoms with E-state index in [0.29, 0.717) is 31.1 Å². The van der Waals surface area contributed by atoms with Crippen LogP contribution in [0.15, 0.2) is 12.3 Å². The van der Waals surface area contributed by atoms with E-state index >= 15 is 0 Å². The summed E-state index contributed by atoms with van der Waals surface area (Å²) in [6.07, 6.45) is 5.18. The van der Waals surface area contributed by atoms with E-state index in [1.165, 1.54) is 7.11 Å². The SMILES string of the molecule is COC(=O)C1(OC2CC2)CCN(c2cnnc(Cl)c2)CC1. The van der Waals surface area contributed by atoms with Crippen LogP contribution in [0, 0.1) is 0 Å². The summed E-state index contributed by atoms with van der Waals surface area (Å²) in [6, 6.07) is 1.78. The lowest BCUT2D eigenvalue weighted by atomic mass is 9.90. The molecule has 0 unspecified atom stereocenters. The molecule has 0 spiro atoms. The molecule has 0 aromatic carbocycles. The Kier molecular flexibility index (Phi) is 3.99. The van der Waals surface area contributed by atoms with Crippen LogP contribution in [0.3, 0.4) is 0 Å². The van der Waals surface area contributed by atoms with Gasteiger partial charge in [-0.25, -0.2) is 4.79 Å². The van der Waals surface area contributed by atoms with Crippen LogP contribution in [0.25, 0.3) is 0 Å². The summed E-state index contributed by atoms with van der Waals surface area (Å²) >= 11 is 5.87. The molecule has 1 aliphatic heterocycles. The number of halogens is 1. The second-order valence-corrected chi connectivity index (χ2v) is 5.91. The largest absolute Gasteiger partial charge is 0.467 e. The molecule has 1 aromatic rings. The molecule has 2 fully saturated rings. The number of methoxy groups -OCH3 is 1. The van der Waals surface area contributed by atoms with Crippen LogP contribution in [0.4, 0.5) is 5.69 Å². The average molecular weight is 312 g/mol. The number of carbonyl (C=O) groups is 1. The van der Waals surface area contributed by atoms with Crippen molar-refractivity contribution in [3.05, 3.63) is 17.4 Å². The molecule has 0 radical (unpaired) electrons. The Morgan fingerprint density at radius 2 is 2.14 bits per heavy atom. The van der Waals surface area contributed by atoms with Crippen LogP contribution in [0.1, 0.15) is 25.7 Å². The molecule has 1 aromatic heterocycles. The maximum Gasteiger partial charge on any atom is 0.338 e. The average Bonchev–Trinajstić information content (AvgIpc) is 3.31. The number of nitrogens with zero attached hydrogens (tertiary/aromatic N) is 3. The third kappa shape index (κ3) is 3.11. The Balaban J connectivity index is 1.70. The molecule has 0 atom stereocenters. The summed E-state index contributed by atoms with van der Waals surface area (Å²) < 4.78 is 11.0. The van der Waals surface area contributed by atoms with Gasteiger partial charge in [0.05, 0.1) is 25.1 Å². The number of rotatable bonds is 4. The first-order valence-corrected chi connectivity index (χ1v) is 7.50. The molecule has 114 valence electrons. The Morgan fingerprint density at radius 3 is 2.71 bits per heavy atom. The lowest BCUT2D eigenvalue weighted by Crippen LogP contribution is -2.52. The summed E-state index contributed by atoms with van der Waals surface area (Å²) in [5.41, 5.74) is 0.122. The van der Waals surface area contributed by atoms with Crippen molar-refractivity contribution in [2.75, 3.05) is 25.1 Å². The Hall–Kier alpha value is -1.40. The molecule has 0 N–H and O–H groups in total. The topological polar surface area (TPSA) is 64.6 Å². The molecular formula is C14H18ClN3O3. The quantitative estimate of drug-likeness (QED) is 0.790. The van der Waals surface area contributed by atoms with Crippen molar-refractivity contribution in [1.29, 1.82) is 0 Å². The van der Waals surface area contributed by atoms with Gasteiger partial charge in [-0.15, -0.1) is 5.10 Å². The first kappa shape index (κ1) is 14.5. The second kappa shape index (κ2) is 5.77. The Morgan fingerprint density at radius 1 is 1.43 bits per heavy atom. The number of anilines is 1. The molecular weight excluding hydrogens is 294 g/mol. The second-order valence-electron chi connectivity index (χ2n) is 5.53. The number of esters is 1. The van der Waals surface area contributed by atoms with E-state index in [4.69, 9.17) is 21.1 Å². The lowest BCUT2D eigenvalue weighted by Gasteiger charge is -2.40.